The summed E-state index contributed by atoms with van der Waals surface area (Å²) in [6, 6.07) is 0. The maximum Gasteiger partial charge on any atom is 0.267 e. The normalized spacial score (nSPS) is 13.1. The molecular weight excluding hydrogens is 294 g/mol. The highest BCUT2D eigenvalue weighted by atomic mass is 32.9. The van der Waals surface area contributed by atoms with E-state index >= 15 is 0 Å². The molecule has 72 valence electrons. The van der Waals surface area contributed by atoms with Crippen molar-refractivity contribution >= 4 is 76.7 Å². The Kier molecular flexibility index (Phi) is 2.30. The fourth-order valence-corrected chi connectivity index (χ4v) is 7.85. The van der Waals surface area contributed by atoms with Gasteiger partial charge in [0.25, 0.3) is 4.74 Å². The summed E-state index contributed by atoms with van der Waals surface area (Å²) in [7, 11) is 6.06. The van der Waals surface area contributed by atoms with Gasteiger partial charge in [0.15, 0.2) is 0 Å². The lowest BCUT2D eigenvalue weighted by molar-refractivity contribution is 1.45. The van der Waals surface area contributed by atoms with Gasteiger partial charge in [0.1, 0.15) is 17.9 Å². The number of anilines is 2. The zero-order valence-electron chi connectivity index (χ0n) is 6.36. The van der Waals surface area contributed by atoms with Gasteiger partial charge in [0, 0.05) is 0 Å². The molecule has 0 aliphatic carbocycles. The average molecular weight is 295 g/mol. The quantitative estimate of drug-likeness (QED) is 0.496. The van der Waals surface area contributed by atoms with Crippen molar-refractivity contribution in [3.63, 3.8) is 0 Å². The smallest absolute Gasteiger partial charge is 0.267 e. The van der Waals surface area contributed by atoms with Gasteiger partial charge in [-0.1, -0.05) is 55.0 Å². The summed E-state index contributed by atoms with van der Waals surface area (Å²) < 4.78 is 3.20. The molecule has 3 heterocycles. The van der Waals surface area contributed by atoms with E-state index in [9.17, 15) is 4.79 Å². The molecule has 1 aliphatic heterocycles. The second-order valence-electron chi connectivity index (χ2n) is 2.46. The maximum atomic E-state index is 11.4. The van der Waals surface area contributed by atoms with E-state index in [1.165, 1.54) is 24.9 Å². The van der Waals surface area contributed by atoms with Crippen LogP contribution in [0.3, 0.4) is 0 Å². The van der Waals surface area contributed by atoms with Crippen LogP contribution in [0.25, 0.3) is 0 Å². The topological polar surface area (TPSA) is 29.1 Å². The highest BCUT2D eigenvalue weighted by Gasteiger charge is 2.23. The molecule has 0 amide bonds. The summed E-state index contributed by atoms with van der Waals surface area (Å²) in [5.41, 5.74) is 1.67. The molecule has 0 saturated carbocycles. The van der Waals surface area contributed by atoms with Crippen LogP contribution in [0.4, 0.5) is 11.4 Å². The molecule has 1 aliphatic rings. The first-order valence-corrected chi connectivity index (χ1v) is 8.99. The summed E-state index contributed by atoms with van der Waals surface area (Å²) in [5, 5.41) is 3.14. The van der Waals surface area contributed by atoms with Crippen LogP contribution < -0.4 is 10.1 Å². The van der Waals surface area contributed by atoms with Crippen LogP contribution >= 0.6 is 65.3 Å². The molecule has 0 spiro atoms. The van der Waals surface area contributed by atoms with Crippen LogP contribution in [-0.2, 0) is 0 Å². The molecule has 0 unspecified atom stereocenters. The Morgan fingerprint density at radius 1 is 1.00 bits per heavy atom. The Morgan fingerprint density at radius 2 is 1.71 bits per heavy atom. The standard InChI is InChI=1S/C6HNOS6/c8-3-1-5(13-11-3)10-6-2(7-1)4(9)12-14-6/h7H. The van der Waals surface area contributed by atoms with Crippen LogP contribution in [0.1, 0.15) is 0 Å². The van der Waals surface area contributed by atoms with Gasteiger partial charge < -0.3 is 5.32 Å². The summed E-state index contributed by atoms with van der Waals surface area (Å²) >= 11 is 6.83. The lowest BCUT2D eigenvalue weighted by Crippen LogP contribution is -2.03. The van der Waals surface area contributed by atoms with E-state index in [4.69, 9.17) is 12.2 Å². The minimum atomic E-state index is 0.105. The van der Waals surface area contributed by atoms with Gasteiger partial charge in [-0.05, 0) is 10.3 Å². The lowest BCUT2D eigenvalue weighted by atomic mass is 10.5. The molecule has 0 aromatic carbocycles. The monoisotopic (exact) mass is 295 g/mol. The van der Waals surface area contributed by atoms with Crippen LogP contribution in [0, 0.1) is 3.82 Å². The first kappa shape index (κ1) is 9.49. The largest absolute Gasteiger partial charge is 0.346 e. The van der Waals surface area contributed by atoms with Crippen LogP contribution in [0.5, 0.6) is 0 Å². The molecule has 0 radical (unpaired) electrons. The van der Waals surface area contributed by atoms with E-state index in [2.05, 4.69) is 5.32 Å². The molecule has 0 saturated heterocycles. The zero-order valence-corrected chi connectivity index (χ0v) is 11.3. The molecule has 8 heteroatoms. The summed E-state index contributed by atoms with van der Waals surface area (Å²) in [4.78, 5) is 11.4. The number of rotatable bonds is 0. The van der Waals surface area contributed by atoms with Gasteiger partial charge in [-0.25, -0.2) is 0 Å². The fraction of sp³-hybridized carbons (Fsp3) is 0. The third-order valence-corrected chi connectivity index (χ3v) is 8.86. The molecular formula is C6HNOS6. The summed E-state index contributed by atoms with van der Waals surface area (Å²) in [6.07, 6.45) is 0. The van der Waals surface area contributed by atoms with Crippen molar-refractivity contribution in [2.45, 2.75) is 8.42 Å². The van der Waals surface area contributed by atoms with E-state index in [0.717, 1.165) is 13.7 Å². The maximum absolute atomic E-state index is 11.4. The molecule has 2 nitrogen and oxygen atoms in total. The highest BCUT2D eigenvalue weighted by molar-refractivity contribution is 8.06. The van der Waals surface area contributed by atoms with E-state index in [-0.39, 0.29) is 4.74 Å². The Morgan fingerprint density at radius 3 is 2.57 bits per heavy atom. The summed E-state index contributed by atoms with van der Waals surface area (Å²) in [5.74, 6) is 0. The van der Waals surface area contributed by atoms with Gasteiger partial charge >= 0.3 is 0 Å². The Hall–Kier alpha value is 0.270. The molecule has 3 rings (SSSR count). The molecule has 1 N–H and O–H groups in total. The predicted octanol–water partition coefficient (Wildman–Crippen LogP) is 4.23. The Balaban J connectivity index is 2.25. The van der Waals surface area contributed by atoms with Crippen molar-refractivity contribution < 1.29 is 0 Å². The highest BCUT2D eigenvalue weighted by Crippen LogP contribution is 2.50. The van der Waals surface area contributed by atoms with Crippen molar-refractivity contribution in [1.82, 2.24) is 0 Å². The number of nitrogens with one attached hydrogen (secondary N) is 1. The Bertz CT molecular complexity index is 548. The van der Waals surface area contributed by atoms with Gasteiger partial charge in [-0.3, -0.25) is 4.79 Å². The van der Waals surface area contributed by atoms with Crippen LogP contribution in [0.15, 0.2) is 13.2 Å². The molecule has 2 aromatic rings. The van der Waals surface area contributed by atoms with Crippen molar-refractivity contribution in [2.24, 2.45) is 0 Å². The number of hydrogen-bond acceptors (Lipinski definition) is 8. The number of hydrogen-bond donors (Lipinski definition) is 1. The predicted molar refractivity (Wildman–Crippen MR) is 68.9 cm³/mol. The molecule has 14 heavy (non-hydrogen) atoms. The molecule has 2 aromatic heterocycles. The Labute approximate surface area is 103 Å². The third kappa shape index (κ3) is 1.33. The summed E-state index contributed by atoms with van der Waals surface area (Å²) in [6.45, 7) is 0. The second-order valence-corrected chi connectivity index (χ2v) is 8.93. The fourth-order valence-electron chi connectivity index (χ4n) is 1.03. The minimum absolute atomic E-state index is 0.105. The van der Waals surface area contributed by atoms with Crippen molar-refractivity contribution in [3.8, 4) is 0 Å². The zero-order chi connectivity index (χ0) is 9.71. The second kappa shape index (κ2) is 3.39. The first-order chi connectivity index (χ1) is 6.75. The van der Waals surface area contributed by atoms with Crippen molar-refractivity contribution in [1.29, 1.82) is 0 Å². The van der Waals surface area contributed by atoms with Gasteiger partial charge in [0.2, 0.25) is 0 Å². The first-order valence-electron chi connectivity index (χ1n) is 3.47. The van der Waals surface area contributed by atoms with E-state index in [1.54, 1.807) is 32.4 Å². The molecule has 0 fully saturated rings. The van der Waals surface area contributed by atoms with Gasteiger partial charge in [-0.2, -0.15) is 0 Å². The minimum Gasteiger partial charge on any atom is -0.346 e. The van der Waals surface area contributed by atoms with E-state index in [1.807, 2.05) is 0 Å². The number of fused-ring (bicyclic) bond motifs is 2. The molecule has 0 atom stereocenters. The SMILES string of the molecule is O=c1ssc2c1Nc1c(ssc1=S)S2. The third-order valence-electron chi connectivity index (χ3n) is 1.64. The van der Waals surface area contributed by atoms with Crippen molar-refractivity contribution in [3.05, 3.63) is 13.4 Å². The van der Waals surface area contributed by atoms with Crippen LogP contribution in [0.2, 0.25) is 0 Å². The lowest BCUT2D eigenvalue weighted by Gasteiger charge is -2.10. The van der Waals surface area contributed by atoms with E-state index < -0.39 is 0 Å². The molecule has 0 bridgehead atoms. The van der Waals surface area contributed by atoms with Gasteiger partial charge in [-0.15, -0.1) is 0 Å². The van der Waals surface area contributed by atoms with E-state index in [0.29, 0.717) is 5.69 Å². The van der Waals surface area contributed by atoms with Gasteiger partial charge in [0.05, 0.1) is 5.69 Å². The van der Waals surface area contributed by atoms with Crippen LogP contribution in [-0.4, -0.2) is 0 Å². The average Bonchev–Trinajstić information content (AvgIpc) is 2.71. The van der Waals surface area contributed by atoms with Crippen molar-refractivity contribution in [2.75, 3.05) is 5.32 Å².